The van der Waals surface area contributed by atoms with Crippen LogP contribution in [0.1, 0.15) is 70.3 Å². The van der Waals surface area contributed by atoms with Crippen molar-refractivity contribution in [3.8, 4) is 0 Å². The molecule has 0 radical (unpaired) electrons. The second-order valence-corrected chi connectivity index (χ2v) is 6.35. The molecule has 1 fully saturated rings. The largest absolute Gasteiger partial charge is 0.366 e. The molecule has 2 heterocycles. The van der Waals surface area contributed by atoms with E-state index >= 15 is 0 Å². The predicted molar refractivity (Wildman–Crippen MR) is 88.8 cm³/mol. The van der Waals surface area contributed by atoms with Crippen LogP contribution in [0.25, 0.3) is 0 Å². The third-order valence-corrected chi connectivity index (χ3v) is 4.38. The van der Waals surface area contributed by atoms with Crippen LogP contribution in [0.5, 0.6) is 0 Å². The predicted octanol–water partition coefficient (Wildman–Crippen LogP) is 3.48. The first-order chi connectivity index (χ1) is 10.2. The third kappa shape index (κ3) is 3.94. The van der Waals surface area contributed by atoms with Gasteiger partial charge in [0.05, 0.1) is 17.6 Å². The number of hydrogen-bond acceptors (Lipinski definition) is 4. The summed E-state index contributed by atoms with van der Waals surface area (Å²) in [5, 5.41) is 3.26. The first-order valence-corrected chi connectivity index (χ1v) is 8.44. The van der Waals surface area contributed by atoms with Crippen molar-refractivity contribution in [2.75, 3.05) is 18.5 Å². The molecular weight excluding hydrogens is 260 g/mol. The van der Waals surface area contributed by atoms with Crippen LogP contribution in [-0.2, 0) is 6.54 Å². The Labute approximate surface area is 129 Å². The Bertz CT molecular complexity index is 444. The standard InChI is InChI=1S/C17H30N4/c1-5-14-9-7-6-8-10-21(14)16-12-19-17(13(2)3)20-15(16)11-18-4/h12-14,18H,5-11H2,1-4H3. The van der Waals surface area contributed by atoms with Gasteiger partial charge in [-0.25, -0.2) is 9.97 Å². The molecule has 0 aromatic carbocycles. The first kappa shape index (κ1) is 16.2. The zero-order valence-corrected chi connectivity index (χ0v) is 14.0. The Morgan fingerprint density at radius 2 is 2.14 bits per heavy atom. The molecule has 0 saturated carbocycles. The van der Waals surface area contributed by atoms with Crippen LogP contribution >= 0.6 is 0 Å². The molecule has 1 aromatic heterocycles. The molecule has 0 bridgehead atoms. The van der Waals surface area contributed by atoms with Gasteiger partial charge in [0.15, 0.2) is 0 Å². The quantitative estimate of drug-likeness (QED) is 0.901. The van der Waals surface area contributed by atoms with E-state index in [0.717, 1.165) is 24.6 Å². The molecule has 21 heavy (non-hydrogen) atoms. The summed E-state index contributed by atoms with van der Waals surface area (Å²) in [7, 11) is 1.99. The van der Waals surface area contributed by atoms with E-state index in [9.17, 15) is 0 Å². The van der Waals surface area contributed by atoms with Crippen molar-refractivity contribution in [1.82, 2.24) is 15.3 Å². The molecule has 1 aliphatic rings. The van der Waals surface area contributed by atoms with Crippen molar-refractivity contribution in [3.05, 3.63) is 17.7 Å². The SMILES string of the molecule is CCC1CCCCCN1c1cnc(C(C)C)nc1CNC. The van der Waals surface area contributed by atoms with Gasteiger partial charge in [0, 0.05) is 25.0 Å². The zero-order valence-electron chi connectivity index (χ0n) is 14.0. The molecule has 1 aliphatic heterocycles. The van der Waals surface area contributed by atoms with Gasteiger partial charge in [0.25, 0.3) is 0 Å². The van der Waals surface area contributed by atoms with Gasteiger partial charge in [0.2, 0.25) is 0 Å². The number of nitrogens with zero attached hydrogens (tertiary/aromatic N) is 3. The summed E-state index contributed by atoms with van der Waals surface area (Å²) in [5.74, 6) is 1.33. The van der Waals surface area contributed by atoms with E-state index in [4.69, 9.17) is 4.98 Å². The van der Waals surface area contributed by atoms with Crippen molar-refractivity contribution in [2.45, 2.75) is 71.4 Å². The van der Waals surface area contributed by atoms with E-state index in [-0.39, 0.29) is 0 Å². The zero-order chi connectivity index (χ0) is 15.2. The lowest BCUT2D eigenvalue weighted by molar-refractivity contribution is 0.551. The highest BCUT2D eigenvalue weighted by molar-refractivity contribution is 5.50. The maximum atomic E-state index is 4.82. The van der Waals surface area contributed by atoms with Crippen LogP contribution in [-0.4, -0.2) is 29.6 Å². The fourth-order valence-electron chi connectivity index (χ4n) is 3.16. The minimum atomic E-state index is 0.376. The van der Waals surface area contributed by atoms with Gasteiger partial charge in [0.1, 0.15) is 5.82 Å². The summed E-state index contributed by atoms with van der Waals surface area (Å²) in [4.78, 5) is 12.0. The molecule has 1 N–H and O–H groups in total. The molecule has 0 aliphatic carbocycles. The number of anilines is 1. The normalized spacial score (nSPS) is 19.9. The first-order valence-electron chi connectivity index (χ1n) is 8.44. The van der Waals surface area contributed by atoms with Crippen molar-refractivity contribution in [2.24, 2.45) is 0 Å². The number of rotatable bonds is 5. The monoisotopic (exact) mass is 290 g/mol. The van der Waals surface area contributed by atoms with Gasteiger partial charge in [-0.15, -0.1) is 0 Å². The molecule has 1 unspecified atom stereocenters. The molecule has 0 spiro atoms. The fraction of sp³-hybridized carbons (Fsp3) is 0.765. The highest BCUT2D eigenvalue weighted by Crippen LogP contribution is 2.28. The molecule has 118 valence electrons. The van der Waals surface area contributed by atoms with Crippen molar-refractivity contribution in [1.29, 1.82) is 0 Å². The Kier molecular flexibility index (Phi) is 5.97. The lowest BCUT2D eigenvalue weighted by atomic mass is 10.1. The van der Waals surface area contributed by atoms with Gasteiger partial charge in [-0.2, -0.15) is 0 Å². The molecule has 0 amide bonds. The highest BCUT2D eigenvalue weighted by atomic mass is 15.2. The average molecular weight is 290 g/mol. The minimum absolute atomic E-state index is 0.376. The van der Waals surface area contributed by atoms with Crippen LogP contribution in [0, 0.1) is 0 Å². The smallest absolute Gasteiger partial charge is 0.131 e. The van der Waals surface area contributed by atoms with Crippen molar-refractivity contribution >= 4 is 5.69 Å². The van der Waals surface area contributed by atoms with Gasteiger partial charge in [-0.05, 0) is 26.3 Å². The lowest BCUT2D eigenvalue weighted by Crippen LogP contribution is -2.36. The second kappa shape index (κ2) is 7.74. The summed E-state index contributed by atoms with van der Waals surface area (Å²) in [6.07, 6.45) is 8.53. The fourth-order valence-corrected chi connectivity index (χ4v) is 3.16. The highest BCUT2D eigenvalue weighted by Gasteiger charge is 2.23. The van der Waals surface area contributed by atoms with E-state index in [0.29, 0.717) is 12.0 Å². The Balaban J connectivity index is 2.35. The Morgan fingerprint density at radius 3 is 2.81 bits per heavy atom. The van der Waals surface area contributed by atoms with Crippen LogP contribution in [0.2, 0.25) is 0 Å². The molecule has 1 aromatic rings. The van der Waals surface area contributed by atoms with Gasteiger partial charge in [-0.3, -0.25) is 0 Å². The summed E-state index contributed by atoms with van der Waals surface area (Å²) in [6.45, 7) is 8.55. The van der Waals surface area contributed by atoms with Crippen LogP contribution < -0.4 is 10.2 Å². The number of nitrogens with one attached hydrogen (secondary N) is 1. The summed E-state index contributed by atoms with van der Waals surface area (Å²) >= 11 is 0. The number of hydrogen-bond donors (Lipinski definition) is 1. The molecule has 1 atom stereocenters. The summed E-state index contributed by atoms with van der Waals surface area (Å²) in [5.41, 5.74) is 2.39. The van der Waals surface area contributed by atoms with E-state index in [1.54, 1.807) is 0 Å². The molecule has 1 saturated heterocycles. The maximum Gasteiger partial charge on any atom is 0.131 e. The van der Waals surface area contributed by atoms with Crippen LogP contribution in [0.15, 0.2) is 6.20 Å². The molecule has 4 heteroatoms. The third-order valence-electron chi connectivity index (χ3n) is 4.38. The summed E-state index contributed by atoms with van der Waals surface area (Å²) in [6, 6.07) is 0.636. The maximum absolute atomic E-state index is 4.82. The van der Waals surface area contributed by atoms with Gasteiger partial charge < -0.3 is 10.2 Å². The topological polar surface area (TPSA) is 41.1 Å². The molecule has 2 rings (SSSR count). The van der Waals surface area contributed by atoms with Gasteiger partial charge >= 0.3 is 0 Å². The van der Waals surface area contributed by atoms with Crippen molar-refractivity contribution < 1.29 is 0 Å². The Morgan fingerprint density at radius 1 is 1.33 bits per heavy atom. The van der Waals surface area contributed by atoms with E-state index in [1.807, 2.05) is 7.05 Å². The van der Waals surface area contributed by atoms with Crippen LogP contribution in [0.3, 0.4) is 0 Å². The lowest BCUT2D eigenvalue weighted by Gasteiger charge is -2.32. The van der Waals surface area contributed by atoms with Gasteiger partial charge in [-0.1, -0.05) is 33.6 Å². The van der Waals surface area contributed by atoms with E-state index in [2.05, 4.69) is 42.2 Å². The van der Waals surface area contributed by atoms with Crippen molar-refractivity contribution in [3.63, 3.8) is 0 Å². The number of aromatic nitrogens is 2. The van der Waals surface area contributed by atoms with Crippen LogP contribution in [0.4, 0.5) is 5.69 Å². The molecule has 4 nitrogen and oxygen atoms in total. The molecular formula is C17H30N4. The van der Waals surface area contributed by atoms with E-state index < -0.39 is 0 Å². The minimum Gasteiger partial charge on any atom is -0.366 e. The average Bonchev–Trinajstić information content (AvgIpc) is 2.72. The Hall–Kier alpha value is -1.16. The second-order valence-electron chi connectivity index (χ2n) is 6.35. The summed E-state index contributed by atoms with van der Waals surface area (Å²) < 4.78 is 0. The van der Waals surface area contributed by atoms with E-state index in [1.165, 1.54) is 37.8 Å².